The molecule has 0 atom stereocenters. The number of hydrogen-bond acceptors (Lipinski definition) is 3. The molecule has 0 fully saturated rings. The fourth-order valence-corrected chi connectivity index (χ4v) is 1.91. The minimum atomic E-state index is -0.645. The van der Waals surface area contributed by atoms with Crippen LogP contribution in [-0.2, 0) is 6.42 Å². The molecule has 0 bridgehead atoms. The van der Waals surface area contributed by atoms with Crippen molar-refractivity contribution in [3.63, 3.8) is 0 Å². The normalized spacial score (nSPS) is 10.4. The molecule has 0 saturated heterocycles. The summed E-state index contributed by atoms with van der Waals surface area (Å²) in [5, 5.41) is 12.3. The molecule has 0 aromatic heterocycles. The monoisotopic (exact) mass is 277 g/mol. The van der Waals surface area contributed by atoms with E-state index < -0.39 is 11.6 Å². The molecule has 3 nitrogen and oxygen atoms in total. The summed E-state index contributed by atoms with van der Waals surface area (Å²) in [5.41, 5.74) is 0.717. The molecule has 0 amide bonds. The van der Waals surface area contributed by atoms with Crippen molar-refractivity contribution in [3.8, 4) is 11.5 Å². The van der Waals surface area contributed by atoms with Crippen LogP contribution >= 0.6 is 15.9 Å². The van der Waals surface area contributed by atoms with Crippen LogP contribution in [-0.4, -0.2) is 25.8 Å². The van der Waals surface area contributed by atoms with Gasteiger partial charge in [0.1, 0.15) is 10.2 Å². The molecule has 0 aliphatic carbocycles. The smallest absolute Gasteiger partial charge is 0.169 e. The SMILES string of the molecule is CNCCc1cc(F)c(O)c(Br)c1OC. The van der Waals surface area contributed by atoms with Crippen molar-refractivity contribution in [2.75, 3.05) is 20.7 Å². The average molecular weight is 278 g/mol. The van der Waals surface area contributed by atoms with E-state index in [2.05, 4.69) is 21.2 Å². The third kappa shape index (κ3) is 2.60. The zero-order valence-corrected chi connectivity index (χ0v) is 10.2. The topological polar surface area (TPSA) is 41.5 Å². The molecule has 5 heteroatoms. The lowest BCUT2D eigenvalue weighted by Gasteiger charge is -2.12. The Bertz CT molecular complexity index is 358. The predicted octanol–water partition coefficient (Wildman–Crippen LogP) is 2.06. The van der Waals surface area contributed by atoms with E-state index in [0.29, 0.717) is 24.3 Å². The fourth-order valence-electron chi connectivity index (χ4n) is 1.31. The van der Waals surface area contributed by atoms with Gasteiger partial charge in [-0.25, -0.2) is 4.39 Å². The van der Waals surface area contributed by atoms with Gasteiger partial charge in [0.2, 0.25) is 0 Å². The Morgan fingerprint density at radius 3 is 2.80 bits per heavy atom. The number of phenols is 1. The first-order valence-corrected chi connectivity index (χ1v) is 5.29. The molecule has 0 saturated carbocycles. The highest BCUT2D eigenvalue weighted by Crippen LogP contribution is 2.38. The van der Waals surface area contributed by atoms with Gasteiger partial charge in [0.25, 0.3) is 0 Å². The second kappa shape index (κ2) is 5.32. The highest BCUT2D eigenvalue weighted by atomic mass is 79.9. The van der Waals surface area contributed by atoms with Crippen LogP contribution in [0.4, 0.5) is 4.39 Å². The van der Waals surface area contributed by atoms with Crippen molar-refractivity contribution in [3.05, 3.63) is 21.9 Å². The second-order valence-corrected chi connectivity index (χ2v) is 3.86. The van der Waals surface area contributed by atoms with Crippen LogP contribution in [0.1, 0.15) is 5.56 Å². The first-order valence-electron chi connectivity index (χ1n) is 4.50. The van der Waals surface area contributed by atoms with Crippen molar-refractivity contribution >= 4 is 15.9 Å². The van der Waals surface area contributed by atoms with E-state index in [1.165, 1.54) is 13.2 Å². The van der Waals surface area contributed by atoms with Crippen molar-refractivity contribution in [1.82, 2.24) is 5.32 Å². The van der Waals surface area contributed by atoms with Gasteiger partial charge in [-0.1, -0.05) is 0 Å². The highest BCUT2D eigenvalue weighted by molar-refractivity contribution is 9.10. The molecule has 1 aromatic rings. The van der Waals surface area contributed by atoms with Crippen LogP contribution in [0.3, 0.4) is 0 Å². The van der Waals surface area contributed by atoms with Crippen LogP contribution in [0.25, 0.3) is 0 Å². The molecule has 2 N–H and O–H groups in total. The van der Waals surface area contributed by atoms with Gasteiger partial charge in [0.05, 0.1) is 7.11 Å². The Morgan fingerprint density at radius 2 is 2.27 bits per heavy atom. The maximum Gasteiger partial charge on any atom is 0.169 e. The Hall–Kier alpha value is -0.810. The Balaban J connectivity index is 3.13. The largest absolute Gasteiger partial charge is 0.504 e. The van der Waals surface area contributed by atoms with Crippen LogP contribution < -0.4 is 10.1 Å². The number of benzene rings is 1. The summed E-state index contributed by atoms with van der Waals surface area (Å²) in [4.78, 5) is 0. The first kappa shape index (κ1) is 12.3. The summed E-state index contributed by atoms with van der Waals surface area (Å²) in [6.45, 7) is 0.715. The standard InChI is InChI=1S/C10H13BrFNO2/c1-13-4-3-6-5-7(12)9(14)8(11)10(6)15-2/h5,13-14H,3-4H2,1-2H3. The predicted molar refractivity (Wildman–Crippen MR) is 59.9 cm³/mol. The molecule has 0 heterocycles. The van der Waals surface area contributed by atoms with E-state index in [1.807, 2.05) is 7.05 Å². The van der Waals surface area contributed by atoms with Crippen molar-refractivity contribution in [1.29, 1.82) is 0 Å². The van der Waals surface area contributed by atoms with Gasteiger partial charge in [0, 0.05) is 0 Å². The zero-order chi connectivity index (χ0) is 11.4. The number of methoxy groups -OCH3 is 1. The van der Waals surface area contributed by atoms with E-state index >= 15 is 0 Å². The van der Waals surface area contributed by atoms with Crippen LogP contribution in [0.2, 0.25) is 0 Å². The van der Waals surface area contributed by atoms with Gasteiger partial charge in [-0.3, -0.25) is 0 Å². The summed E-state index contributed by atoms with van der Waals surface area (Å²) >= 11 is 3.10. The summed E-state index contributed by atoms with van der Waals surface area (Å²) in [6.07, 6.45) is 0.634. The van der Waals surface area contributed by atoms with Gasteiger partial charge in [-0.05, 0) is 47.6 Å². The summed E-state index contributed by atoms with van der Waals surface area (Å²) < 4.78 is 18.6. The lowest BCUT2D eigenvalue weighted by atomic mass is 10.1. The third-order valence-corrected chi connectivity index (χ3v) is 2.81. The molecule has 1 rings (SSSR count). The Morgan fingerprint density at radius 1 is 1.60 bits per heavy atom. The van der Waals surface area contributed by atoms with Crippen molar-refractivity contribution in [2.45, 2.75) is 6.42 Å². The number of likely N-dealkylation sites (N-methyl/N-ethyl adjacent to an activating group) is 1. The number of halogens is 2. The van der Waals surface area contributed by atoms with E-state index in [9.17, 15) is 9.50 Å². The Labute approximate surface area is 96.4 Å². The lowest BCUT2D eigenvalue weighted by molar-refractivity contribution is 0.387. The van der Waals surface area contributed by atoms with Gasteiger partial charge in [-0.2, -0.15) is 0 Å². The molecule has 15 heavy (non-hydrogen) atoms. The van der Waals surface area contributed by atoms with Gasteiger partial charge in [0.15, 0.2) is 11.6 Å². The molecule has 0 aliphatic rings. The number of aromatic hydroxyl groups is 1. The molecular weight excluding hydrogens is 265 g/mol. The highest BCUT2D eigenvalue weighted by Gasteiger charge is 2.16. The van der Waals surface area contributed by atoms with Crippen LogP contribution in [0.5, 0.6) is 11.5 Å². The van der Waals surface area contributed by atoms with Crippen molar-refractivity contribution in [2.24, 2.45) is 0 Å². The second-order valence-electron chi connectivity index (χ2n) is 3.07. The molecule has 0 radical (unpaired) electrons. The van der Waals surface area contributed by atoms with E-state index in [4.69, 9.17) is 4.74 Å². The zero-order valence-electron chi connectivity index (χ0n) is 8.60. The van der Waals surface area contributed by atoms with Gasteiger partial charge >= 0.3 is 0 Å². The van der Waals surface area contributed by atoms with Crippen LogP contribution in [0, 0.1) is 5.82 Å². The summed E-state index contributed by atoms with van der Waals surface area (Å²) in [7, 11) is 3.30. The molecule has 84 valence electrons. The summed E-state index contributed by atoms with van der Waals surface area (Å²) in [6, 6.07) is 1.29. The maximum absolute atomic E-state index is 13.2. The molecular formula is C10H13BrFNO2. The average Bonchev–Trinajstić information content (AvgIpc) is 2.23. The van der Waals surface area contributed by atoms with E-state index in [0.717, 1.165) is 0 Å². The minimum Gasteiger partial charge on any atom is -0.504 e. The molecule has 1 aromatic carbocycles. The number of hydrogen-bond donors (Lipinski definition) is 2. The quantitative estimate of drug-likeness (QED) is 0.885. The molecule has 0 spiro atoms. The van der Waals surface area contributed by atoms with Gasteiger partial charge in [-0.15, -0.1) is 0 Å². The number of nitrogens with one attached hydrogen (secondary N) is 1. The number of ether oxygens (including phenoxy) is 1. The van der Waals surface area contributed by atoms with E-state index in [1.54, 1.807) is 0 Å². The molecule has 0 aliphatic heterocycles. The fraction of sp³-hybridized carbons (Fsp3) is 0.400. The van der Waals surface area contributed by atoms with Crippen LogP contribution in [0.15, 0.2) is 10.5 Å². The number of phenolic OH excluding ortho intramolecular Hbond substituents is 1. The lowest BCUT2D eigenvalue weighted by Crippen LogP contribution is -2.11. The van der Waals surface area contributed by atoms with Crippen molar-refractivity contribution < 1.29 is 14.2 Å². The van der Waals surface area contributed by atoms with E-state index in [-0.39, 0.29) is 4.47 Å². The summed E-state index contributed by atoms with van der Waals surface area (Å²) in [5.74, 6) is -0.585. The molecule has 0 unspecified atom stereocenters. The minimum absolute atomic E-state index is 0.260. The number of rotatable bonds is 4. The maximum atomic E-state index is 13.2. The van der Waals surface area contributed by atoms with Gasteiger partial charge < -0.3 is 15.2 Å². The third-order valence-electron chi connectivity index (χ3n) is 2.07. The Kier molecular flexibility index (Phi) is 4.35. The first-order chi connectivity index (χ1) is 7.11.